The minimum absolute atomic E-state index is 0.221. The summed E-state index contributed by atoms with van der Waals surface area (Å²) in [4.78, 5) is 30.8. The van der Waals surface area contributed by atoms with Gasteiger partial charge in [0, 0.05) is 31.9 Å². The molecule has 6 nitrogen and oxygen atoms in total. The molecule has 2 aliphatic heterocycles. The minimum atomic E-state index is -0.254. The van der Waals surface area contributed by atoms with Crippen LogP contribution in [0.1, 0.15) is 34.2 Å². The average molecular weight is 448 g/mol. The molecule has 0 bridgehead atoms. The van der Waals surface area contributed by atoms with Gasteiger partial charge in [-0.15, -0.1) is 0 Å². The number of nitrogens with one attached hydrogen (secondary N) is 1. The summed E-state index contributed by atoms with van der Waals surface area (Å²) in [6, 6.07) is 12.1. The summed E-state index contributed by atoms with van der Waals surface area (Å²) in [6.07, 6.45) is 0.745. The Balaban J connectivity index is 1.62. The smallest absolute Gasteiger partial charge is 0.278 e. The molecular formula is C27H33N3O3. The second-order valence-electron chi connectivity index (χ2n) is 9.14. The highest BCUT2D eigenvalue weighted by molar-refractivity contribution is 6.36. The first-order chi connectivity index (χ1) is 15.8. The monoisotopic (exact) mass is 447 g/mol. The molecule has 33 heavy (non-hydrogen) atoms. The maximum atomic E-state index is 13.5. The summed E-state index contributed by atoms with van der Waals surface area (Å²) in [6.45, 7) is 12.6. The van der Waals surface area contributed by atoms with Gasteiger partial charge in [-0.3, -0.25) is 19.4 Å². The molecule has 1 fully saturated rings. The molecule has 2 amide bonds. The van der Waals surface area contributed by atoms with E-state index in [-0.39, 0.29) is 11.8 Å². The maximum absolute atomic E-state index is 13.5. The Hall–Kier alpha value is -2.96. The van der Waals surface area contributed by atoms with Crippen LogP contribution >= 0.6 is 0 Å². The summed E-state index contributed by atoms with van der Waals surface area (Å²) in [5.41, 5.74) is 6.77. The minimum Gasteiger partial charge on any atom is -0.379 e. The summed E-state index contributed by atoms with van der Waals surface area (Å²) >= 11 is 0. The third kappa shape index (κ3) is 5.18. The Kier molecular flexibility index (Phi) is 6.96. The predicted molar refractivity (Wildman–Crippen MR) is 131 cm³/mol. The highest BCUT2D eigenvalue weighted by atomic mass is 16.5. The molecule has 0 unspecified atom stereocenters. The number of carbonyl (C=O) groups is 2. The van der Waals surface area contributed by atoms with E-state index in [1.165, 1.54) is 4.90 Å². The van der Waals surface area contributed by atoms with Gasteiger partial charge in [0.05, 0.1) is 18.8 Å². The quantitative estimate of drug-likeness (QED) is 0.654. The van der Waals surface area contributed by atoms with Gasteiger partial charge < -0.3 is 10.1 Å². The number of hydrogen-bond acceptors (Lipinski definition) is 5. The number of hydrogen-bond donors (Lipinski definition) is 1. The van der Waals surface area contributed by atoms with Crippen molar-refractivity contribution in [2.75, 3.05) is 44.7 Å². The second kappa shape index (κ2) is 9.89. The Bertz CT molecular complexity index is 1080. The molecule has 0 saturated carbocycles. The standard InChI is InChI=1S/C27H33N3O3/c1-18-6-7-23(21(4)15-18)24-25(28-22-16-19(2)14-20(3)17-22)27(32)30(26(24)31)9-5-8-29-10-12-33-13-11-29/h6-7,14-17,28H,5,8-13H2,1-4H3. The van der Waals surface area contributed by atoms with Crippen molar-refractivity contribution in [3.8, 4) is 0 Å². The van der Waals surface area contributed by atoms with Crippen LogP contribution in [0.15, 0.2) is 42.1 Å². The first kappa shape index (κ1) is 23.2. The van der Waals surface area contributed by atoms with Gasteiger partial charge in [-0.1, -0.05) is 29.8 Å². The van der Waals surface area contributed by atoms with E-state index in [0.717, 1.165) is 72.8 Å². The molecule has 2 heterocycles. The lowest BCUT2D eigenvalue weighted by molar-refractivity contribution is -0.136. The van der Waals surface area contributed by atoms with Crippen LogP contribution in [0.2, 0.25) is 0 Å². The van der Waals surface area contributed by atoms with E-state index in [1.54, 1.807) is 0 Å². The normalized spacial score (nSPS) is 17.3. The summed E-state index contributed by atoms with van der Waals surface area (Å²) < 4.78 is 5.41. The van der Waals surface area contributed by atoms with Crippen molar-refractivity contribution in [1.29, 1.82) is 0 Å². The van der Waals surface area contributed by atoms with Crippen molar-refractivity contribution in [3.05, 3.63) is 69.9 Å². The van der Waals surface area contributed by atoms with Crippen LogP contribution in [-0.4, -0.2) is 61.0 Å². The molecular weight excluding hydrogens is 414 g/mol. The van der Waals surface area contributed by atoms with Crippen molar-refractivity contribution < 1.29 is 14.3 Å². The number of ether oxygens (including phenoxy) is 1. The molecule has 174 valence electrons. The number of aryl methyl sites for hydroxylation is 4. The van der Waals surface area contributed by atoms with Gasteiger partial charge in [0.1, 0.15) is 5.70 Å². The number of carbonyl (C=O) groups excluding carboxylic acids is 2. The summed E-state index contributed by atoms with van der Waals surface area (Å²) in [5.74, 6) is -0.475. The van der Waals surface area contributed by atoms with E-state index >= 15 is 0 Å². The molecule has 0 aromatic heterocycles. The van der Waals surface area contributed by atoms with Gasteiger partial charge in [0.2, 0.25) is 0 Å². The van der Waals surface area contributed by atoms with Gasteiger partial charge in [-0.05, 0) is 68.5 Å². The number of morpholine rings is 1. The zero-order valence-electron chi connectivity index (χ0n) is 20.0. The number of rotatable bonds is 7. The van der Waals surface area contributed by atoms with Crippen molar-refractivity contribution in [1.82, 2.24) is 9.80 Å². The Morgan fingerprint density at radius 1 is 0.848 bits per heavy atom. The summed E-state index contributed by atoms with van der Waals surface area (Å²) in [5, 5.41) is 3.30. The molecule has 4 rings (SSSR count). The fourth-order valence-corrected chi connectivity index (χ4v) is 4.71. The number of amides is 2. The van der Waals surface area contributed by atoms with Gasteiger partial charge in [0.25, 0.3) is 11.8 Å². The number of nitrogens with zero attached hydrogens (tertiary/aromatic N) is 2. The molecule has 6 heteroatoms. The number of imide groups is 1. The fourth-order valence-electron chi connectivity index (χ4n) is 4.71. The molecule has 2 aromatic rings. The molecule has 0 atom stereocenters. The van der Waals surface area contributed by atoms with Crippen LogP contribution in [0.5, 0.6) is 0 Å². The highest BCUT2D eigenvalue weighted by Gasteiger charge is 2.39. The Labute approximate surface area is 196 Å². The van der Waals surface area contributed by atoms with Gasteiger partial charge in [-0.2, -0.15) is 0 Å². The van der Waals surface area contributed by atoms with E-state index < -0.39 is 0 Å². The number of benzene rings is 2. The molecule has 1 saturated heterocycles. The van der Waals surface area contributed by atoms with Crippen molar-refractivity contribution in [2.24, 2.45) is 0 Å². The van der Waals surface area contributed by atoms with Crippen molar-refractivity contribution in [3.63, 3.8) is 0 Å². The molecule has 0 spiro atoms. The van der Waals surface area contributed by atoms with Crippen LogP contribution in [0.4, 0.5) is 5.69 Å². The second-order valence-corrected chi connectivity index (χ2v) is 9.14. The topological polar surface area (TPSA) is 61.9 Å². The molecule has 2 aliphatic rings. The number of anilines is 1. The van der Waals surface area contributed by atoms with Gasteiger partial charge >= 0.3 is 0 Å². The van der Waals surface area contributed by atoms with E-state index in [9.17, 15) is 9.59 Å². The zero-order chi connectivity index (χ0) is 23.5. The van der Waals surface area contributed by atoms with Crippen LogP contribution in [-0.2, 0) is 14.3 Å². The van der Waals surface area contributed by atoms with Crippen molar-refractivity contribution in [2.45, 2.75) is 34.1 Å². The maximum Gasteiger partial charge on any atom is 0.278 e. The van der Waals surface area contributed by atoms with Gasteiger partial charge in [0.15, 0.2) is 0 Å². The van der Waals surface area contributed by atoms with Crippen LogP contribution in [0.25, 0.3) is 5.57 Å². The predicted octanol–water partition coefficient (Wildman–Crippen LogP) is 3.83. The third-order valence-electron chi connectivity index (χ3n) is 6.27. The van der Waals surface area contributed by atoms with Crippen LogP contribution in [0, 0.1) is 27.7 Å². The van der Waals surface area contributed by atoms with E-state index in [2.05, 4.69) is 22.3 Å². The van der Waals surface area contributed by atoms with Crippen LogP contribution < -0.4 is 5.32 Å². The lowest BCUT2D eigenvalue weighted by Gasteiger charge is -2.27. The van der Waals surface area contributed by atoms with Crippen LogP contribution in [0.3, 0.4) is 0 Å². The molecule has 0 radical (unpaired) electrons. The largest absolute Gasteiger partial charge is 0.379 e. The fraction of sp³-hybridized carbons (Fsp3) is 0.407. The molecule has 2 aromatic carbocycles. The SMILES string of the molecule is Cc1cc(C)cc(NC2=C(c3ccc(C)cc3C)C(=O)N(CCCN3CCOCC3)C2=O)c1. The zero-order valence-corrected chi connectivity index (χ0v) is 20.0. The Morgan fingerprint density at radius 2 is 1.55 bits per heavy atom. The summed E-state index contributed by atoms with van der Waals surface area (Å²) in [7, 11) is 0. The molecule has 1 N–H and O–H groups in total. The van der Waals surface area contributed by atoms with E-state index in [4.69, 9.17) is 4.74 Å². The Morgan fingerprint density at radius 3 is 2.21 bits per heavy atom. The lowest BCUT2D eigenvalue weighted by Crippen LogP contribution is -2.39. The van der Waals surface area contributed by atoms with Crippen molar-refractivity contribution >= 4 is 23.1 Å². The van der Waals surface area contributed by atoms with E-state index in [1.807, 2.05) is 52.0 Å². The van der Waals surface area contributed by atoms with E-state index in [0.29, 0.717) is 17.8 Å². The highest BCUT2D eigenvalue weighted by Crippen LogP contribution is 2.33. The first-order valence-electron chi connectivity index (χ1n) is 11.7. The third-order valence-corrected chi connectivity index (χ3v) is 6.27. The average Bonchev–Trinajstić information content (AvgIpc) is 2.98. The first-order valence-corrected chi connectivity index (χ1v) is 11.7. The van der Waals surface area contributed by atoms with Gasteiger partial charge in [-0.25, -0.2) is 0 Å². The molecule has 0 aliphatic carbocycles. The lowest BCUT2D eigenvalue weighted by atomic mass is 9.97.